The minimum absolute atomic E-state index is 0.0296. The first-order chi connectivity index (χ1) is 18.0. The van der Waals surface area contributed by atoms with Crippen molar-refractivity contribution in [1.29, 1.82) is 0 Å². The Kier molecular flexibility index (Phi) is 8.84. The van der Waals surface area contributed by atoms with Gasteiger partial charge < -0.3 is 14.4 Å². The molecule has 3 aromatic rings. The molecule has 0 aliphatic heterocycles. The molecule has 0 aliphatic carbocycles. The van der Waals surface area contributed by atoms with Crippen LogP contribution in [-0.2, 0) is 29.0 Å². The Labute approximate surface area is 221 Å². The topological polar surface area (TPSA) is 75.7 Å². The summed E-state index contributed by atoms with van der Waals surface area (Å²) in [6.07, 6.45) is -9.34. The van der Waals surface area contributed by atoms with E-state index < -0.39 is 44.5 Å². The number of benzene rings is 3. The van der Waals surface area contributed by atoms with Crippen LogP contribution in [0, 0.1) is 5.92 Å². The lowest BCUT2D eigenvalue weighted by Gasteiger charge is -2.25. The molecule has 0 unspecified atom stereocenters. The quantitative estimate of drug-likeness (QED) is 0.228. The number of nitrogens with one attached hydrogen (secondary N) is 1. The van der Waals surface area contributed by atoms with E-state index in [1.807, 2.05) is 13.8 Å². The van der Waals surface area contributed by atoms with Crippen LogP contribution in [-0.4, -0.2) is 25.9 Å². The average Bonchev–Trinajstić information content (AvgIpc) is 2.82. The highest BCUT2D eigenvalue weighted by Crippen LogP contribution is 2.32. The molecule has 39 heavy (non-hydrogen) atoms. The number of hydrogen-bond donors (Lipinski definition) is 1. The fourth-order valence-electron chi connectivity index (χ4n) is 3.55. The first-order valence-corrected chi connectivity index (χ1v) is 12.9. The van der Waals surface area contributed by atoms with Crippen molar-refractivity contribution in [2.75, 3.05) is 11.9 Å². The van der Waals surface area contributed by atoms with E-state index in [4.69, 9.17) is 4.18 Å². The zero-order valence-corrected chi connectivity index (χ0v) is 21.5. The van der Waals surface area contributed by atoms with Crippen molar-refractivity contribution in [3.05, 3.63) is 89.5 Å². The summed E-state index contributed by atoms with van der Waals surface area (Å²) in [6.45, 7) is 3.79. The number of nitrogens with zero attached hydrogens (tertiary/aromatic N) is 1. The maximum Gasteiger partial charge on any atom is 0.416 e. The van der Waals surface area contributed by atoms with Crippen LogP contribution in [0.1, 0.15) is 30.5 Å². The highest BCUT2D eigenvalue weighted by molar-refractivity contribution is 7.87. The van der Waals surface area contributed by atoms with Crippen LogP contribution >= 0.6 is 0 Å². The molecule has 6 nitrogen and oxygen atoms in total. The van der Waals surface area contributed by atoms with Crippen LogP contribution < -0.4 is 9.50 Å². The Hall–Kier alpha value is -3.74. The Balaban J connectivity index is 1.79. The van der Waals surface area contributed by atoms with Crippen LogP contribution in [0.2, 0.25) is 0 Å². The first-order valence-electron chi connectivity index (χ1n) is 11.5. The molecular formula is C26H24F6N2O4S. The van der Waals surface area contributed by atoms with Crippen molar-refractivity contribution < 1.29 is 43.7 Å². The number of halogens is 6. The zero-order chi connectivity index (χ0) is 29.0. The summed E-state index contributed by atoms with van der Waals surface area (Å²) < 4.78 is 108. The van der Waals surface area contributed by atoms with E-state index in [2.05, 4.69) is 5.32 Å². The van der Waals surface area contributed by atoms with E-state index in [0.717, 1.165) is 36.4 Å². The van der Waals surface area contributed by atoms with Crippen LogP contribution in [0.25, 0.3) is 0 Å². The smallest absolute Gasteiger partial charge is 0.379 e. The number of amides is 2. The van der Waals surface area contributed by atoms with Crippen LogP contribution in [0.15, 0.2) is 77.7 Å². The summed E-state index contributed by atoms with van der Waals surface area (Å²) in [4.78, 5) is 13.6. The second-order valence-corrected chi connectivity index (χ2v) is 10.5. The summed E-state index contributed by atoms with van der Waals surface area (Å²) in [6, 6.07) is 12.2. The maximum atomic E-state index is 13.0. The molecule has 0 spiro atoms. The Bertz CT molecular complexity index is 1420. The van der Waals surface area contributed by atoms with E-state index in [0.29, 0.717) is 11.6 Å². The SMILES string of the molecule is CC(C)CN(Cc1cccc(OS(=O)(=O)c2cccc(C(F)(F)F)c2)c1)C(=O)Nc1cccc(C(F)(F)F)c1. The van der Waals surface area contributed by atoms with E-state index in [1.54, 1.807) is 6.07 Å². The van der Waals surface area contributed by atoms with Crippen LogP contribution in [0.3, 0.4) is 0 Å². The molecule has 0 saturated heterocycles. The molecule has 210 valence electrons. The molecule has 3 aromatic carbocycles. The minimum Gasteiger partial charge on any atom is -0.379 e. The van der Waals surface area contributed by atoms with Crippen molar-refractivity contribution in [3.63, 3.8) is 0 Å². The van der Waals surface area contributed by atoms with Crippen molar-refractivity contribution >= 4 is 21.8 Å². The van der Waals surface area contributed by atoms with Gasteiger partial charge in [-0.05, 0) is 60.0 Å². The second-order valence-electron chi connectivity index (χ2n) is 8.99. The van der Waals surface area contributed by atoms with Gasteiger partial charge in [0.05, 0.1) is 11.1 Å². The molecule has 0 atom stereocenters. The summed E-state index contributed by atoms with van der Waals surface area (Å²) in [5.74, 6) is -0.231. The van der Waals surface area contributed by atoms with Gasteiger partial charge in [-0.25, -0.2) is 4.79 Å². The number of urea groups is 1. The molecule has 1 N–H and O–H groups in total. The third-order valence-electron chi connectivity index (χ3n) is 5.24. The summed E-state index contributed by atoms with van der Waals surface area (Å²) in [7, 11) is -4.62. The van der Waals surface area contributed by atoms with Gasteiger partial charge in [0.2, 0.25) is 0 Å². The van der Waals surface area contributed by atoms with Gasteiger partial charge in [0.25, 0.3) is 0 Å². The molecule has 0 bridgehead atoms. The minimum atomic E-state index is -4.75. The van der Waals surface area contributed by atoms with Gasteiger partial charge >= 0.3 is 28.5 Å². The van der Waals surface area contributed by atoms with Crippen molar-refractivity contribution in [2.24, 2.45) is 5.92 Å². The maximum absolute atomic E-state index is 13.0. The number of hydrogen-bond acceptors (Lipinski definition) is 4. The highest BCUT2D eigenvalue weighted by Gasteiger charge is 2.32. The largest absolute Gasteiger partial charge is 0.416 e. The highest BCUT2D eigenvalue weighted by atomic mass is 32.2. The molecule has 0 saturated carbocycles. The molecule has 0 aliphatic rings. The molecule has 2 amide bonds. The predicted molar refractivity (Wildman–Crippen MR) is 131 cm³/mol. The van der Waals surface area contributed by atoms with Gasteiger partial charge in [0, 0.05) is 18.8 Å². The van der Waals surface area contributed by atoms with Gasteiger partial charge in [-0.15, -0.1) is 0 Å². The standard InChI is InChI=1S/C26H24F6N2O4S/c1-17(2)15-34(24(35)33-21-9-4-7-19(13-21)25(27,28)29)16-18-6-3-10-22(12-18)38-39(36,37)23-11-5-8-20(14-23)26(30,31)32/h3-14,17H,15-16H2,1-2H3,(H,33,35). The lowest BCUT2D eigenvalue weighted by Crippen LogP contribution is -2.37. The van der Waals surface area contributed by atoms with Gasteiger partial charge in [0.1, 0.15) is 10.6 Å². The second kappa shape index (κ2) is 11.6. The van der Waals surface area contributed by atoms with E-state index in [9.17, 15) is 39.6 Å². The van der Waals surface area contributed by atoms with Gasteiger partial charge in [-0.2, -0.15) is 34.8 Å². The Morgan fingerprint density at radius 2 is 1.46 bits per heavy atom. The van der Waals surface area contributed by atoms with E-state index >= 15 is 0 Å². The van der Waals surface area contributed by atoms with Gasteiger partial charge in [-0.3, -0.25) is 0 Å². The Morgan fingerprint density at radius 1 is 0.872 bits per heavy atom. The van der Waals surface area contributed by atoms with Crippen molar-refractivity contribution in [3.8, 4) is 5.75 Å². The number of carbonyl (C=O) groups is 1. The van der Waals surface area contributed by atoms with Crippen LogP contribution in [0.4, 0.5) is 36.8 Å². The lowest BCUT2D eigenvalue weighted by atomic mass is 10.1. The summed E-state index contributed by atoms with van der Waals surface area (Å²) in [5.41, 5.74) is -1.74. The molecule has 13 heteroatoms. The molecule has 0 radical (unpaired) electrons. The Morgan fingerprint density at radius 3 is 2.08 bits per heavy atom. The van der Waals surface area contributed by atoms with Crippen LogP contribution in [0.5, 0.6) is 5.75 Å². The van der Waals surface area contributed by atoms with Gasteiger partial charge in [0.15, 0.2) is 0 Å². The van der Waals surface area contributed by atoms with Gasteiger partial charge in [-0.1, -0.05) is 38.1 Å². The fourth-order valence-corrected chi connectivity index (χ4v) is 4.52. The number of carbonyl (C=O) groups excluding carboxylic acids is 1. The third kappa shape index (κ3) is 8.37. The molecule has 3 rings (SSSR count). The lowest BCUT2D eigenvalue weighted by molar-refractivity contribution is -0.138. The van der Waals surface area contributed by atoms with E-state index in [1.165, 1.54) is 29.2 Å². The van der Waals surface area contributed by atoms with E-state index in [-0.39, 0.29) is 30.4 Å². The number of alkyl halides is 6. The molecule has 0 aromatic heterocycles. The number of rotatable bonds is 8. The normalized spacial score (nSPS) is 12.3. The fraction of sp³-hybridized carbons (Fsp3) is 0.269. The average molecular weight is 575 g/mol. The van der Waals surface area contributed by atoms with Crippen molar-refractivity contribution in [1.82, 2.24) is 4.90 Å². The number of anilines is 1. The third-order valence-corrected chi connectivity index (χ3v) is 6.48. The monoisotopic (exact) mass is 574 g/mol. The predicted octanol–water partition coefficient (Wildman–Crippen LogP) is 7.18. The first kappa shape index (κ1) is 29.8. The molecular weight excluding hydrogens is 550 g/mol. The molecule has 0 heterocycles. The summed E-state index contributed by atoms with van der Waals surface area (Å²) in [5, 5.41) is 2.44. The summed E-state index contributed by atoms with van der Waals surface area (Å²) >= 11 is 0. The zero-order valence-electron chi connectivity index (χ0n) is 20.7. The molecule has 0 fully saturated rings. The van der Waals surface area contributed by atoms with Crippen molar-refractivity contribution in [2.45, 2.75) is 37.6 Å².